The summed E-state index contributed by atoms with van der Waals surface area (Å²) in [6.45, 7) is 3.61. The fraction of sp³-hybridized carbons (Fsp3) is 0.308. The fourth-order valence-electron chi connectivity index (χ4n) is 4.44. The third-order valence-electron chi connectivity index (χ3n) is 6.06. The number of hydrogen-bond donors (Lipinski definition) is 1. The van der Waals surface area contributed by atoms with Gasteiger partial charge in [-0.25, -0.2) is 0 Å². The van der Waals surface area contributed by atoms with E-state index in [9.17, 15) is 9.59 Å². The van der Waals surface area contributed by atoms with Gasteiger partial charge in [0.25, 0.3) is 0 Å². The number of rotatable bonds is 7. The normalized spacial score (nSPS) is 18.2. The van der Waals surface area contributed by atoms with Gasteiger partial charge in [-0.1, -0.05) is 60.7 Å². The third kappa shape index (κ3) is 4.72. The molecule has 0 saturated carbocycles. The number of likely N-dealkylation sites (tertiary alicyclic amines) is 1. The Morgan fingerprint density at radius 2 is 1.81 bits per heavy atom. The number of hydrogen-bond acceptors (Lipinski definition) is 3. The van der Waals surface area contributed by atoms with Gasteiger partial charge in [-0.05, 0) is 47.9 Å². The summed E-state index contributed by atoms with van der Waals surface area (Å²) in [6, 6.07) is 22.3. The summed E-state index contributed by atoms with van der Waals surface area (Å²) >= 11 is 1.71. The number of thiophene rings is 1. The van der Waals surface area contributed by atoms with E-state index in [-0.39, 0.29) is 11.8 Å². The van der Waals surface area contributed by atoms with Crippen LogP contribution in [0.2, 0.25) is 0 Å². The second-order valence-electron chi connectivity index (χ2n) is 8.18. The van der Waals surface area contributed by atoms with Crippen molar-refractivity contribution >= 4 is 23.2 Å². The van der Waals surface area contributed by atoms with Crippen molar-refractivity contribution in [1.82, 2.24) is 10.2 Å². The van der Waals surface area contributed by atoms with Crippen LogP contribution in [0.3, 0.4) is 0 Å². The van der Waals surface area contributed by atoms with Crippen molar-refractivity contribution < 1.29 is 9.59 Å². The van der Waals surface area contributed by atoms with Crippen LogP contribution in [0.15, 0.2) is 72.1 Å². The van der Waals surface area contributed by atoms with Crippen LogP contribution in [0.25, 0.3) is 10.4 Å². The zero-order valence-corrected chi connectivity index (χ0v) is 18.7. The van der Waals surface area contributed by atoms with Crippen LogP contribution in [0.4, 0.5) is 0 Å². The first kappa shape index (κ1) is 21.3. The van der Waals surface area contributed by atoms with Gasteiger partial charge < -0.3 is 10.2 Å². The molecule has 1 atom stereocenters. The molecule has 160 valence electrons. The van der Waals surface area contributed by atoms with Crippen LogP contribution in [0, 0.1) is 5.41 Å². The summed E-state index contributed by atoms with van der Waals surface area (Å²) in [5.74, 6) is 0.134. The second-order valence-corrected chi connectivity index (χ2v) is 9.13. The highest BCUT2D eigenvalue weighted by molar-refractivity contribution is 7.13. The Labute approximate surface area is 187 Å². The lowest BCUT2D eigenvalue weighted by molar-refractivity contribution is -0.132. The number of carbonyl (C=O) groups excluding carboxylic acids is 2. The van der Waals surface area contributed by atoms with Gasteiger partial charge in [0.2, 0.25) is 11.8 Å². The molecule has 4 nitrogen and oxygen atoms in total. The molecule has 0 aliphatic carbocycles. The number of carbonyl (C=O) groups is 2. The SMILES string of the molecule is CCNC(=O)[C@]1(Cc2ccccc2-c2cccs2)CCN(C(=O)Cc2ccccc2)C1. The molecule has 0 radical (unpaired) electrons. The zero-order valence-electron chi connectivity index (χ0n) is 17.8. The van der Waals surface area contributed by atoms with E-state index in [0.29, 0.717) is 38.9 Å². The van der Waals surface area contributed by atoms with Gasteiger partial charge in [-0.3, -0.25) is 9.59 Å². The molecule has 1 aromatic heterocycles. The molecule has 4 rings (SSSR count). The van der Waals surface area contributed by atoms with E-state index in [4.69, 9.17) is 0 Å². The molecule has 2 heterocycles. The maximum absolute atomic E-state index is 13.2. The lowest BCUT2D eigenvalue weighted by Crippen LogP contribution is -2.45. The fourth-order valence-corrected chi connectivity index (χ4v) is 5.22. The maximum atomic E-state index is 13.2. The molecule has 1 fully saturated rings. The van der Waals surface area contributed by atoms with Gasteiger partial charge in [0, 0.05) is 24.5 Å². The molecule has 0 unspecified atom stereocenters. The topological polar surface area (TPSA) is 49.4 Å². The summed E-state index contributed by atoms with van der Waals surface area (Å²) in [6.07, 6.45) is 1.68. The van der Waals surface area contributed by atoms with Gasteiger partial charge in [0.1, 0.15) is 0 Å². The minimum Gasteiger partial charge on any atom is -0.356 e. The molecule has 1 saturated heterocycles. The summed E-state index contributed by atoms with van der Waals surface area (Å²) in [5, 5.41) is 5.11. The van der Waals surface area contributed by atoms with Crippen LogP contribution >= 0.6 is 11.3 Å². The summed E-state index contributed by atoms with van der Waals surface area (Å²) in [7, 11) is 0. The monoisotopic (exact) mass is 432 g/mol. The molecule has 3 aromatic rings. The molecule has 5 heteroatoms. The molecule has 0 spiro atoms. The summed E-state index contributed by atoms with van der Waals surface area (Å²) in [4.78, 5) is 29.3. The van der Waals surface area contributed by atoms with E-state index in [1.807, 2.05) is 54.3 Å². The predicted octanol–water partition coefficient (Wildman–Crippen LogP) is 4.56. The number of nitrogens with zero attached hydrogens (tertiary/aromatic N) is 1. The molecule has 1 aliphatic rings. The molecule has 2 amide bonds. The van der Waals surface area contributed by atoms with Crippen molar-refractivity contribution in [2.24, 2.45) is 5.41 Å². The van der Waals surface area contributed by atoms with Gasteiger partial charge in [-0.15, -0.1) is 11.3 Å². The average molecular weight is 433 g/mol. The van der Waals surface area contributed by atoms with Gasteiger partial charge in [-0.2, -0.15) is 0 Å². The Balaban J connectivity index is 1.58. The highest BCUT2D eigenvalue weighted by atomic mass is 32.1. The van der Waals surface area contributed by atoms with Crippen molar-refractivity contribution in [2.75, 3.05) is 19.6 Å². The molecular weight excluding hydrogens is 404 g/mol. The Bertz CT molecular complexity index is 1030. The van der Waals surface area contributed by atoms with Crippen molar-refractivity contribution in [3.63, 3.8) is 0 Å². The molecule has 2 aromatic carbocycles. The number of amides is 2. The summed E-state index contributed by atoms with van der Waals surface area (Å²) < 4.78 is 0. The average Bonchev–Trinajstić information content (AvgIpc) is 3.46. The number of nitrogens with one attached hydrogen (secondary N) is 1. The van der Waals surface area contributed by atoms with Crippen LogP contribution in [0.1, 0.15) is 24.5 Å². The second kappa shape index (κ2) is 9.48. The minimum atomic E-state index is -0.601. The quantitative estimate of drug-likeness (QED) is 0.595. The van der Waals surface area contributed by atoms with Gasteiger partial charge in [0.15, 0.2) is 0 Å². The molecule has 1 aliphatic heterocycles. The van der Waals surface area contributed by atoms with Crippen molar-refractivity contribution in [3.8, 4) is 10.4 Å². The van der Waals surface area contributed by atoms with Gasteiger partial charge >= 0.3 is 0 Å². The van der Waals surface area contributed by atoms with Crippen LogP contribution in [0.5, 0.6) is 0 Å². The molecule has 0 bridgehead atoms. The van der Waals surface area contributed by atoms with E-state index < -0.39 is 5.41 Å². The Hall–Kier alpha value is -2.92. The Morgan fingerprint density at radius 3 is 2.55 bits per heavy atom. The first-order valence-corrected chi connectivity index (χ1v) is 11.7. The van der Waals surface area contributed by atoms with Crippen molar-refractivity contribution in [1.29, 1.82) is 0 Å². The number of benzene rings is 2. The van der Waals surface area contributed by atoms with E-state index in [2.05, 4.69) is 35.0 Å². The Morgan fingerprint density at radius 1 is 1.03 bits per heavy atom. The summed E-state index contributed by atoms with van der Waals surface area (Å²) in [5.41, 5.74) is 2.74. The first-order chi connectivity index (χ1) is 15.1. The van der Waals surface area contributed by atoms with Crippen molar-refractivity contribution in [2.45, 2.75) is 26.2 Å². The minimum absolute atomic E-state index is 0.0472. The smallest absolute Gasteiger partial charge is 0.228 e. The van der Waals surface area contributed by atoms with E-state index >= 15 is 0 Å². The highest BCUT2D eigenvalue weighted by Crippen LogP contribution is 2.38. The molecular formula is C26H28N2O2S. The predicted molar refractivity (Wildman–Crippen MR) is 126 cm³/mol. The lowest BCUT2D eigenvalue weighted by Gasteiger charge is -2.29. The van der Waals surface area contributed by atoms with Crippen LogP contribution in [-0.4, -0.2) is 36.3 Å². The first-order valence-electron chi connectivity index (χ1n) is 10.8. The van der Waals surface area contributed by atoms with E-state index in [0.717, 1.165) is 11.1 Å². The molecule has 1 N–H and O–H groups in total. The largest absolute Gasteiger partial charge is 0.356 e. The standard InChI is InChI=1S/C26H28N2O2S/c1-2-27-25(30)26(18-21-11-6-7-12-22(21)23-13-8-16-31-23)14-15-28(19-26)24(29)17-20-9-4-3-5-10-20/h3-13,16H,2,14-15,17-19H2,1H3,(H,27,30)/t26-/m0/s1. The van der Waals surface area contributed by atoms with Crippen molar-refractivity contribution in [3.05, 3.63) is 83.2 Å². The van der Waals surface area contributed by atoms with E-state index in [1.165, 1.54) is 10.4 Å². The molecule has 31 heavy (non-hydrogen) atoms. The van der Waals surface area contributed by atoms with E-state index in [1.54, 1.807) is 11.3 Å². The lowest BCUT2D eigenvalue weighted by atomic mass is 9.78. The van der Waals surface area contributed by atoms with Crippen LogP contribution in [-0.2, 0) is 22.4 Å². The van der Waals surface area contributed by atoms with Crippen LogP contribution < -0.4 is 5.32 Å². The maximum Gasteiger partial charge on any atom is 0.228 e. The zero-order chi connectivity index (χ0) is 21.7. The Kier molecular flexibility index (Phi) is 6.52. The third-order valence-corrected chi connectivity index (χ3v) is 6.96. The van der Waals surface area contributed by atoms with Gasteiger partial charge in [0.05, 0.1) is 11.8 Å². The highest BCUT2D eigenvalue weighted by Gasteiger charge is 2.46.